The van der Waals surface area contributed by atoms with Crippen molar-refractivity contribution < 1.29 is 23.1 Å². The lowest BCUT2D eigenvalue weighted by molar-refractivity contribution is -0.141. The summed E-state index contributed by atoms with van der Waals surface area (Å²) < 4.78 is 25.3. The first kappa shape index (κ1) is 14.8. The molecule has 11 heteroatoms. The van der Waals surface area contributed by atoms with E-state index in [1.54, 1.807) is 0 Å². The number of nitrogens with zero attached hydrogens (tertiary/aromatic N) is 3. The second-order valence-electron chi connectivity index (χ2n) is 4.24. The van der Waals surface area contributed by atoms with Crippen LogP contribution < -0.4 is 5.32 Å². The highest BCUT2D eigenvalue weighted by atomic mass is 32.2. The van der Waals surface area contributed by atoms with Gasteiger partial charge in [0.05, 0.1) is 5.92 Å². The van der Waals surface area contributed by atoms with Crippen molar-refractivity contribution in [3.63, 3.8) is 0 Å². The number of amides is 1. The van der Waals surface area contributed by atoms with Crippen molar-refractivity contribution in [2.75, 3.05) is 18.4 Å². The van der Waals surface area contributed by atoms with Crippen LogP contribution in [0.4, 0.5) is 5.13 Å². The highest BCUT2D eigenvalue weighted by Gasteiger charge is 2.37. The Balaban J connectivity index is 2.17. The lowest BCUT2D eigenvalue weighted by Crippen LogP contribution is -2.30. The van der Waals surface area contributed by atoms with Crippen molar-refractivity contribution in [3.05, 3.63) is 0 Å². The molecule has 2 N–H and O–H groups in total. The van der Waals surface area contributed by atoms with Crippen LogP contribution in [0.2, 0.25) is 0 Å². The second kappa shape index (κ2) is 5.42. The molecular formula is C9H12N4O5S2. The van der Waals surface area contributed by atoms with Gasteiger partial charge in [0.15, 0.2) is 0 Å². The SMILES string of the molecule is CC(=O)Nc1nnc(S(=O)(=O)N2CCC(C(=O)O)C2)s1. The number of carboxylic acids is 1. The summed E-state index contributed by atoms with van der Waals surface area (Å²) in [7, 11) is -3.86. The van der Waals surface area contributed by atoms with Crippen molar-refractivity contribution in [2.24, 2.45) is 5.92 Å². The van der Waals surface area contributed by atoms with E-state index in [2.05, 4.69) is 15.5 Å². The molecule has 2 rings (SSSR count). The van der Waals surface area contributed by atoms with E-state index in [-0.39, 0.29) is 34.9 Å². The lowest BCUT2D eigenvalue weighted by atomic mass is 10.1. The quantitative estimate of drug-likeness (QED) is 0.721. The summed E-state index contributed by atoms with van der Waals surface area (Å²) in [5, 5.41) is 18.4. The number of carboxylic acid groups (broad SMARTS) is 1. The van der Waals surface area contributed by atoms with Crippen molar-refractivity contribution in [3.8, 4) is 0 Å². The number of carbonyl (C=O) groups is 2. The highest BCUT2D eigenvalue weighted by Crippen LogP contribution is 2.27. The van der Waals surface area contributed by atoms with Gasteiger partial charge in [0.1, 0.15) is 0 Å². The molecule has 1 amide bonds. The molecule has 0 bridgehead atoms. The van der Waals surface area contributed by atoms with Gasteiger partial charge in [-0.1, -0.05) is 11.3 Å². The standard InChI is InChI=1S/C9H12N4O5S2/c1-5(14)10-8-11-12-9(19-8)20(17,18)13-3-2-6(4-13)7(15)16/h6H,2-4H2,1H3,(H,15,16)(H,10,11,14). The largest absolute Gasteiger partial charge is 0.481 e. The van der Waals surface area contributed by atoms with E-state index < -0.39 is 21.9 Å². The van der Waals surface area contributed by atoms with E-state index in [1.807, 2.05) is 0 Å². The van der Waals surface area contributed by atoms with E-state index in [0.29, 0.717) is 0 Å². The van der Waals surface area contributed by atoms with Gasteiger partial charge in [-0.05, 0) is 6.42 Å². The van der Waals surface area contributed by atoms with Crippen LogP contribution in [-0.4, -0.2) is 53.0 Å². The topological polar surface area (TPSA) is 130 Å². The first-order chi connectivity index (χ1) is 9.30. The number of aliphatic carboxylic acids is 1. The van der Waals surface area contributed by atoms with Gasteiger partial charge in [-0.15, -0.1) is 10.2 Å². The molecule has 0 aromatic carbocycles. The van der Waals surface area contributed by atoms with Gasteiger partial charge in [-0.3, -0.25) is 9.59 Å². The minimum Gasteiger partial charge on any atom is -0.481 e. The number of nitrogens with one attached hydrogen (secondary N) is 1. The summed E-state index contributed by atoms with van der Waals surface area (Å²) in [5.74, 6) is -2.09. The Morgan fingerprint density at radius 3 is 2.70 bits per heavy atom. The molecule has 2 heterocycles. The van der Waals surface area contributed by atoms with Gasteiger partial charge >= 0.3 is 5.97 Å². The molecule has 0 radical (unpaired) electrons. The van der Waals surface area contributed by atoms with Crippen LogP contribution in [0.15, 0.2) is 4.34 Å². The van der Waals surface area contributed by atoms with Gasteiger partial charge in [-0.25, -0.2) is 8.42 Å². The third-order valence-electron chi connectivity index (χ3n) is 2.75. The molecule has 110 valence electrons. The third kappa shape index (κ3) is 2.94. The molecule has 1 aromatic heterocycles. The summed E-state index contributed by atoms with van der Waals surface area (Å²) in [6, 6.07) is 0. The maximum absolute atomic E-state index is 12.2. The molecule has 1 aromatic rings. The van der Waals surface area contributed by atoms with Crippen molar-refractivity contribution in [2.45, 2.75) is 17.7 Å². The predicted molar refractivity (Wildman–Crippen MR) is 68.7 cm³/mol. The molecule has 1 atom stereocenters. The Hall–Kier alpha value is -1.59. The lowest BCUT2D eigenvalue weighted by Gasteiger charge is -2.12. The molecule has 20 heavy (non-hydrogen) atoms. The average Bonchev–Trinajstić information content (AvgIpc) is 2.95. The molecule has 1 fully saturated rings. The molecule has 0 spiro atoms. The number of sulfonamides is 1. The maximum atomic E-state index is 12.2. The molecule has 1 aliphatic rings. The summed E-state index contributed by atoms with van der Waals surface area (Å²) in [5.41, 5.74) is 0. The molecule has 0 aliphatic carbocycles. The number of aromatic nitrogens is 2. The van der Waals surface area contributed by atoms with Crippen LogP contribution in [0, 0.1) is 5.92 Å². The van der Waals surface area contributed by atoms with Crippen LogP contribution in [0.25, 0.3) is 0 Å². The Morgan fingerprint density at radius 2 is 2.15 bits per heavy atom. The first-order valence-electron chi connectivity index (χ1n) is 5.64. The van der Waals surface area contributed by atoms with Crippen molar-refractivity contribution in [1.82, 2.24) is 14.5 Å². The Kier molecular flexibility index (Phi) is 4.01. The second-order valence-corrected chi connectivity index (χ2v) is 7.33. The third-order valence-corrected chi connectivity index (χ3v) is 5.80. The van der Waals surface area contributed by atoms with Gasteiger partial charge in [0.25, 0.3) is 10.0 Å². The number of anilines is 1. The normalized spacial score (nSPS) is 19.9. The molecule has 0 saturated carbocycles. The molecular weight excluding hydrogens is 308 g/mol. The van der Waals surface area contributed by atoms with Crippen molar-refractivity contribution in [1.29, 1.82) is 0 Å². The van der Waals surface area contributed by atoms with E-state index >= 15 is 0 Å². The fraction of sp³-hybridized carbons (Fsp3) is 0.556. The fourth-order valence-corrected chi connectivity index (χ4v) is 4.36. The maximum Gasteiger partial charge on any atom is 0.307 e. The highest BCUT2D eigenvalue weighted by molar-refractivity contribution is 7.91. The Labute approximate surface area is 118 Å². The van der Waals surface area contributed by atoms with E-state index in [4.69, 9.17) is 5.11 Å². The van der Waals surface area contributed by atoms with E-state index in [9.17, 15) is 18.0 Å². The Bertz CT molecular complexity index is 641. The molecule has 9 nitrogen and oxygen atoms in total. The fourth-order valence-electron chi connectivity index (χ4n) is 1.77. The van der Waals surface area contributed by atoms with Crippen molar-refractivity contribution >= 4 is 38.4 Å². The van der Waals surface area contributed by atoms with Crippen LogP contribution in [0.5, 0.6) is 0 Å². The van der Waals surface area contributed by atoms with Gasteiger partial charge in [-0.2, -0.15) is 4.31 Å². The summed E-state index contributed by atoms with van der Waals surface area (Å²) in [4.78, 5) is 21.7. The van der Waals surface area contributed by atoms with Crippen LogP contribution in [-0.2, 0) is 19.6 Å². The van der Waals surface area contributed by atoms with E-state index in [0.717, 1.165) is 15.6 Å². The average molecular weight is 320 g/mol. The monoisotopic (exact) mass is 320 g/mol. The van der Waals surface area contributed by atoms with Gasteiger partial charge < -0.3 is 10.4 Å². The van der Waals surface area contributed by atoms with E-state index in [1.165, 1.54) is 6.92 Å². The van der Waals surface area contributed by atoms with Gasteiger partial charge in [0.2, 0.25) is 15.4 Å². The summed E-state index contributed by atoms with van der Waals surface area (Å²) in [6.45, 7) is 1.33. The minimum absolute atomic E-state index is 0.0767. The number of hydrogen-bond donors (Lipinski definition) is 2. The van der Waals surface area contributed by atoms with Gasteiger partial charge in [0, 0.05) is 20.0 Å². The number of carbonyl (C=O) groups excluding carboxylic acids is 1. The van der Waals surface area contributed by atoms with Crippen LogP contribution in [0.1, 0.15) is 13.3 Å². The molecule has 1 aliphatic heterocycles. The number of rotatable bonds is 4. The smallest absolute Gasteiger partial charge is 0.307 e. The summed E-state index contributed by atoms with van der Waals surface area (Å²) >= 11 is 0.733. The Morgan fingerprint density at radius 1 is 1.45 bits per heavy atom. The minimum atomic E-state index is -3.86. The molecule has 1 saturated heterocycles. The zero-order valence-electron chi connectivity index (χ0n) is 10.4. The number of hydrogen-bond acceptors (Lipinski definition) is 7. The zero-order chi connectivity index (χ0) is 14.9. The first-order valence-corrected chi connectivity index (χ1v) is 7.90. The van der Waals surface area contributed by atoms with Crippen LogP contribution in [0.3, 0.4) is 0 Å². The molecule has 1 unspecified atom stereocenters. The van der Waals surface area contributed by atoms with Crippen LogP contribution >= 0.6 is 11.3 Å². The predicted octanol–water partition coefficient (Wildman–Crippen LogP) is -0.408. The zero-order valence-corrected chi connectivity index (χ0v) is 12.1. The summed E-state index contributed by atoms with van der Waals surface area (Å²) in [6.07, 6.45) is 0.270.